The number of ketones is 1. The Labute approximate surface area is 446 Å². The van der Waals surface area contributed by atoms with Crippen LogP contribution in [-0.2, 0) is 71.4 Å². The number of likely N-dealkylation sites (N-methyl/N-ethyl adjacent to an activating group) is 1. The highest BCUT2D eigenvalue weighted by atomic mass is 16.7. The van der Waals surface area contributed by atoms with Crippen molar-refractivity contribution in [2.75, 3.05) is 34.4 Å². The van der Waals surface area contributed by atoms with Gasteiger partial charge < -0.3 is 57.1 Å². The number of pyridine rings is 1. The van der Waals surface area contributed by atoms with Gasteiger partial charge in [-0.3, -0.25) is 29.1 Å². The van der Waals surface area contributed by atoms with Crippen molar-refractivity contribution in [2.24, 2.45) is 34.7 Å². The van der Waals surface area contributed by atoms with Crippen molar-refractivity contribution < 1.29 is 76.2 Å². The van der Waals surface area contributed by atoms with E-state index < -0.39 is 132 Å². The van der Waals surface area contributed by atoms with E-state index in [1.807, 2.05) is 90.9 Å². The molecule has 1 aromatic carbocycles. The predicted octanol–water partition coefficient (Wildman–Crippen LogP) is 6.40. The largest absolute Gasteiger partial charge is 0.458 e. The number of para-hydroxylation sites is 1. The summed E-state index contributed by atoms with van der Waals surface area (Å²) in [7, 11) is 5.32. The Kier molecular flexibility index (Phi) is 17.0. The summed E-state index contributed by atoms with van der Waals surface area (Å²) in [4.78, 5) is 85.5. The summed E-state index contributed by atoms with van der Waals surface area (Å²) in [5.74, 6) is -6.13. The number of rotatable bonds is 10. The van der Waals surface area contributed by atoms with Gasteiger partial charge in [0.2, 0.25) is 0 Å². The molecular weight excluding hydrogens is 985 g/mol. The molecule has 0 unspecified atom stereocenters. The zero-order valence-electron chi connectivity index (χ0n) is 46.8. The van der Waals surface area contributed by atoms with Crippen LogP contribution in [0.5, 0.6) is 0 Å². The molecule has 0 aliphatic carbocycles. The molecule has 2 bridgehead atoms. The normalized spacial score (nSPS) is 41.3. The van der Waals surface area contributed by atoms with Crippen LogP contribution in [0.15, 0.2) is 41.7 Å². The first kappa shape index (κ1) is 57.3. The predicted molar refractivity (Wildman–Crippen MR) is 274 cm³/mol. The number of hydrogen-bond donors (Lipinski definition) is 0. The molecule has 420 valence electrons. The molecule has 2 aromatic rings. The Morgan fingerprint density at radius 1 is 0.895 bits per heavy atom. The Balaban J connectivity index is 1.31. The quantitative estimate of drug-likeness (QED) is 0.186. The molecule has 1 aromatic heterocycles. The minimum atomic E-state index is -1.54. The number of ether oxygens (including phenoxy) is 10. The molecule has 7 heterocycles. The molecule has 20 nitrogen and oxygen atoms in total. The number of fused-ring (bicyclic) bond motifs is 6. The molecular formula is C56H80N4O16. The van der Waals surface area contributed by atoms with Crippen LogP contribution in [0.1, 0.15) is 114 Å². The standard InChI is InChI=1S/C56H80N4O16/c1-16-42-56(12)48-30(4)45(63)28(2)23-55(11,67-27-41-38(26-60(48)53(65)75-56)44(58-76-41)37-22-36-19-17-18-20-39(36)57-25-37)49(74-52-47(70-34(8)61)40(59(13)14)21-29(3)68-52)31(5)46(32(6)51(64)72-42)73-43-24-54(10,66-15)50(33(7)69-43)71-35(9)62/h17-20,22,25,28-33,38,40-43,46-50,52H,16,21,23-24,26-27H2,1-15H3/t28-,29-,30+,31+,32-,33+,38+,40+,41-,42-,43+,46+,47-,48-,49-,50+,52+,54-,55-,56-/m1/s1. The number of methoxy groups -OCH3 is 1. The zero-order valence-corrected chi connectivity index (χ0v) is 46.8. The van der Waals surface area contributed by atoms with Gasteiger partial charge in [0, 0.05) is 68.8 Å². The van der Waals surface area contributed by atoms with Gasteiger partial charge in [-0.15, -0.1) is 0 Å². The third-order valence-corrected chi connectivity index (χ3v) is 17.1. The summed E-state index contributed by atoms with van der Waals surface area (Å²) in [6.45, 7) is 20.7. The lowest BCUT2D eigenvalue weighted by atomic mass is 9.72. The van der Waals surface area contributed by atoms with Crippen molar-refractivity contribution in [3.8, 4) is 0 Å². The number of benzene rings is 1. The van der Waals surface area contributed by atoms with E-state index in [9.17, 15) is 14.4 Å². The maximum absolute atomic E-state index is 15.5. The maximum Gasteiger partial charge on any atom is 0.410 e. The second-order valence-electron chi connectivity index (χ2n) is 23.0. The van der Waals surface area contributed by atoms with E-state index in [1.54, 1.807) is 38.8 Å². The Hall–Kier alpha value is -4.83. The van der Waals surface area contributed by atoms with Crippen LogP contribution in [0.4, 0.5) is 4.79 Å². The fourth-order valence-electron chi connectivity index (χ4n) is 13.2. The molecule has 6 aliphatic heterocycles. The van der Waals surface area contributed by atoms with Crippen LogP contribution in [0.25, 0.3) is 10.9 Å². The number of Topliss-reactive ketones (excluding diaryl/α,β-unsaturated/α-hetero) is 1. The highest BCUT2D eigenvalue weighted by Crippen LogP contribution is 2.47. The number of carbonyl (C=O) groups is 5. The Bertz CT molecular complexity index is 2510. The van der Waals surface area contributed by atoms with Gasteiger partial charge in [-0.1, -0.05) is 51.0 Å². The molecule has 20 atom stereocenters. The first-order valence-corrected chi connectivity index (χ1v) is 27.0. The highest BCUT2D eigenvalue weighted by molar-refractivity contribution is 6.05. The van der Waals surface area contributed by atoms with E-state index in [0.717, 1.165) is 10.9 Å². The minimum absolute atomic E-state index is 0.00314. The number of hydrogen-bond acceptors (Lipinski definition) is 19. The Morgan fingerprint density at radius 3 is 2.28 bits per heavy atom. The van der Waals surface area contributed by atoms with Crippen LogP contribution < -0.4 is 0 Å². The summed E-state index contributed by atoms with van der Waals surface area (Å²) >= 11 is 0. The first-order chi connectivity index (χ1) is 35.8. The fraction of sp³-hybridized carbons (Fsp3) is 0.732. The van der Waals surface area contributed by atoms with E-state index in [2.05, 4.69) is 0 Å². The van der Waals surface area contributed by atoms with Gasteiger partial charge >= 0.3 is 24.0 Å². The molecule has 5 fully saturated rings. The maximum atomic E-state index is 15.5. The van der Waals surface area contributed by atoms with E-state index in [-0.39, 0.29) is 50.3 Å². The summed E-state index contributed by atoms with van der Waals surface area (Å²) in [6.07, 6.45) is -7.32. The Morgan fingerprint density at radius 2 is 1.61 bits per heavy atom. The van der Waals surface area contributed by atoms with Gasteiger partial charge in [-0.25, -0.2) is 4.79 Å². The van der Waals surface area contributed by atoms with Gasteiger partial charge in [0.05, 0.1) is 71.8 Å². The number of carbonyl (C=O) groups excluding carboxylic acids is 5. The van der Waals surface area contributed by atoms with E-state index >= 15 is 9.59 Å². The lowest BCUT2D eigenvalue weighted by Gasteiger charge is -2.51. The molecule has 20 heteroatoms. The third-order valence-electron chi connectivity index (χ3n) is 17.1. The molecule has 76 heavy (non-hydrogen) atoms. The van der Waals surface area contributed by atoms with Crippen molar-refractivity contribution in [1.82, 2.24) is 14.8 Å². The van der Waals surface area contributed by atoms with E-state index in [1.165, 1.54) is 21.0 Å². The number of oxime groups is 1. The zero-order chi connectivity index (χ0) is 55.3. The van der Waals surface area contributed by atoms with Crippen molar-refractivity contribution >= 4 is 46.4 Å². The molecule has 0 saturated carbocycles. The van der Waals surface area contributed by atoms with Crippen LogP contribution in [0.2, 0.25) is 0 Å². The smallest absolute Gasteiger partial charge is 0.410 e. The average Bonchev–Trinajstić information content (AvgIpc) is 3.89. The SMILES string of the molecule is CC[C@H]1OC(=O)[C@H](C)[C@@H](O[C@H]2C[C@@](C)(OC)[C@@H](OC(C)=O)[C@H](C)O2)[C@H](C)[C@@H](O[C@@H]2O[C@H](C)C[C@H](N(C)C)[C@H]2OC(C)=O)[C@@]2(C)C[C@@H](C)C(=O)[C@H](C)[C@H]3N(C[C@@H]4C(c5cnc6ccccc6c5)=NO[C@@H]4CO2)C(=O)O[C@]13C. The van der Waals surface area contributed by atoms with Crippen LogP contribution in [0.3, 0.4) is 0 Å². The number of amides is 1. The summed E-state index contributed by atoms with van der Waals surface area (Å²) < 4.78 is 66.0. The van der Waals surface area contributed by atoms with Crippen molar-refractivity contribution in [2.45, 2.75) is 199 Å². The lowest BCUT2D eigenvalue weighted by molar-refractivity contribution is -0.323. The van der Waals surface area contributed by atoms with Gasteiger partial charge in [-0.2, -0.15) is 0 Å². The number of esters is 3. The molecule has 1 amide bonds. The van der Waals surface area contributed by atoms with Gasteiger partial charge in [0.15, 0.2) is 36.5 Å². The number of cyclic esters (lactones) is 1. The van der Waals surface area contributed by atoms with Crippen LogP contribution >= 0.6 is 0 Å². The van der Waals surface area contributed by atoms with Crippen molar-refractivity contribution in [3.05, 3.63) is 42.1 Å². The molecule has 0 spiro atoms. The first-order valence-electron chi connectivity index (χ1n) is 27.0. The monoisotopic (exact) mass is 1060 g/mol. The average molecular weight is 1070 g/mol. The van der Waals surface area contributed by atoms with Crippen LogP contribution in [-0.4, -0.2) is 175 Å². The number of nitrogens with zero attached hydrogens (tertiary/aromatic N) is 4. The van der Waals surface area contributed by atoms with E-state index in [0.29, 0.717) is 17.7 Å². The molecule has 5 saturated heterocycles. The van der Waals surface area contributed by atoms with Gasteiger partial charge in [0.25, 0.3) is 0 Å². The topological polar surface area (TPSA) is 219 Å². The van der Waals surface area contributed by atoms with Crippen LogP contribution in [0, 0.1) is 29.6 Å². The lowest BCUT2D eigenvalue weighted by Crippen LogP contribution is -2.63. The molecule has 0 N–H and O–H groups in total. The van der Waals surface area contributed by atoms with Crippen molar-refractivity contribution in [1.29, 1.82) is 0 Å². The fourth-order valence-corrected chi connectivity index (χ4v) is 13.2. The molecule has 0 radical (unpaired) electrons. The highest BCUT2D eigenvalue weighted by Gasteiger charge is 2.62. The van der Waals surface area contributed by atoms with Crippen molar-refractivity contribution in [3.63, 3.8) is 0 Å². The second-order valence-corrected chi connectivity index (χ2v) is 23.0. The third kappa shape index (κ3) is 11.1. The molecule has 8 rings (SSSR count). The van der Waals surface area contributed by atoms with Gasteiger partial charge in [0.1, 0.15) is 17.5 Å². The van der Waals surface area contributed by atoms with E-state index in [4.69, 9.17) is 62.3 Å². The number of aromatic nitrogens is 1. The van der Waals surface area contributed by atoms with Gasteiger partial charge in [-0.05, 0) is 87.0 Å². The molecule has 6 aliphatic rings. The second kappa shape index (κ2) is 22.5. The summed E-state index contributed by atoms with van der Waals surface area (Å²) in [5, 5.41) is 5.58. The summed E-state index contributed by atoms with van der Waals surface area (Å²) in [5.41, 5.74) is -2.13. The summed E-state index contributed by atoms with van der Waals surface area (Å²) in [6, 6.07) is 8.41. The minimum Gasteiger partial charge on any atom is -0.458 e.